The number of benzene rings is 1. The summed E-state index contributed by atoms with van der Waals surface area (Å²) in [6.45, 7) is 0.674. The van der Waals surface area contributed by atoms with Gasteiger partial charge in [0.1, 0.15) is 0 Å². The number of alkyl halides is 2. The van der Waals surface area contributed by atoms with Gasteiger partial charge < -0.3 is 20.1 Å². The second-order valence-electron chi connectivity index (χ2n) is 3.84. The van der Waals surface area contributed by atoms with Crippen molar-refractivity contribution in [2.75, 3.05) is 7.11 Å². The number of hydrogen-bond donors (Lipinski definition) is 3. The van der Waals surface area contributed by atoms with Gasteiger partial charge in [-0.2, -0.15) is 8.78 Å². The highest BCUT2D eigenvalue weighted by Gasteiger charge is 2.57. The molecule has 18 heavy (non-hydrogen) atoms. The normalized spacial score (nSPS) is 14.9. The lowest BCUT2D eigenvalue weighted by Crippen LogP contribution is -2.48. The van der Waals surface area contributed by atoms with E-state index >= 15 is 0 Å². The molecule has 0 fully saturated rings. The second-order valence-corrected chi connectivity index (χ2v) is 3.84. The van der Waals surface area contributed by atoms with Crippen molar-refractivity contribution in [3.8, 4) is 11.5 Å². The predicted octanol–water partition coefficient (Wildman–Crippen LogP) is 1.33. The maximum Gasteiger partial charge on any atom is 0.378 e. The van der Waals surface area contributed by atoms with Gasteiger partial charge in [-0.3, -0.25) is 0 Å². The largest absolute Gasteiger partial charge is 0.504 e. The van der Waals surface area contributed by atoms with Crippen molar-refractivity contribution in [1.82, 2.24) is 0 Å². The standard InChI is InChI=1S/C11H12F2O5/c1-10(17,11(12,13)9(15)16)6-3-4-7(14)8(5-6)18-2/h3-5,14,17H,1-2H3,(H,15,16). The number of ether oxygens (including phenoxy) is 1. The van der Waals surface area contributed by atoms with E-state index in [1.807, 2.05) is 0 Å². The van der Waals surface area contributed by atoms with Crippen molar-refractivity contribution < 1.29 is 33.6 Å². The average Bonchev–Trinajstić information content (AvgIpc) is 2.28. The van der Waals surface area contributed by atoms with Crippen LogP contribution in [0.15, 0.2) is 18.2 Å². The first-order chi connectivity index (χ1) is 8.14. The molecule has 0 heterocycles. The summed E-state index contributed by atoms with van der Waals surface area (Å²) < 4.78 is 31.5. The maximum atomic E-state index is 13.4. The number of carboxylic acid groups (broad SMARTS) is 1. The predicted molar refractivity (Wildman–Crippen MR) is 56.8 cm³/mol. The zero-order chi connectivity index (χ0) is 14.1. The minimum Gasteiger partial charge on any atom is -0.504 e. The zero-order valence-corrected chi connectivity index (χ0v) is 9.65. The van der Waals surface area contributed by atoms with E-state index in [1.54, 1.807) is 0 Å². The van der Waals surface area contributed by atoms with Crippen LogP contribution in [-0.2, 0) is 10.4 Å². The van der Waals surface area contributed by atoms with Gasteiger partial charge in [-0.25, -0.2) is 4.79 Å². The monoisotopic (exact) mass is 262 g/mol. The van der Waals surface area contributed by atoms with Gasteiger partial charge in [0.25, 0.3) is 0 Å². The summed E-state index contributed by atoms with van der Waals surface area (Å²) in [5.41, 5.74) is -3.32. The summed E-state index contributed by atoms with van der Waals surface area (Å²) in [4.78, 5) is 10.5. The second kappa shape index (κ2) is 4.41. The molecule has 1 unspecified atom stereocenters. The van der Waals surface area contributed by atoms with Crippen molar-refractivity contribution in [2.45, 2.75) is 18.4 Å². The average molecular weight is 262 g/mol. The van der Waals surface area contributed by atoms with E-state index in [9.17, 15) is 23.8 Å². The molecule has 1 atom stereocenters. The van der Waals surface area contributed by atoms with Gasteiger partial charge >= 0.3 is 11.9 Å². The summed E-state index contributed by atoms with van der Waals surface area (Å²) in [6.07, 6.45) is 0. The molecule has 0 amide bonds. The first kappa shape index (κ1) is 14.2. The van der Waals surface area contributed by atoms with Gasteiger partial charge in [-0.05, 0) is 24.6 Å². The molecule has 7 heteroatoms. The molecule has 0 saturated carbocycles. The number of methoxy groups -OCH3 is 1. The number of aliphatic hydroxyl groups is 1. The van der Waals surface area contributed by atoms with Crippen LogP contribution >= 0.6 is 0 Å². The molecule has 1 aromatic rings. The van der Waals surface area contributed by atoms with E-state index in [0.717, 1.165) is 18.2 Å². The van der Waals surface area contributed by atoms with Crippen LogP contribution in [0.1, 0.15) is 12.5 Å². The highest BCUT2D eigenvalue weighted by atomic mass is 19.3. The molecular formula is C11H12F2O5. The molecule has 0 saturated heterocycles. The van der Waals surface area contributed by atoms with Crippen LogP contribution in [0, 0.1) is 0 Å². The number of aliphatic carboxylic acids is 1. The Morgan fingerprint density at radius 1 is 1.39 bits per heavy atom. The van der Waals surface area contributed by atoms with Crippen LogP contribution in [-0.4, -0.2) is 34.3 Å². The van der Waals surface area contributed by atoms with Crippen LogP contribution < -0.4 is 4.74 Å². The third-order valence-corrected chi connectivity index (χ3v) is 2.62. The van der Waals surface area contributed by atoms with E-state index in [0.29, 0.717) is 6.92 Å². The number of halogens is 2. The Bertz CT molecular complexity index is 471. The van der Waals surface area contributed by atoms with Gasteiger partial charge in [0, 0.05) is 0 Å². The Hall–Kier alpha value is -1.89. The molecule has 1 rings (SSSR count). The smallest absolute Gasteiger partial charge is 0.378 e. The Balaban J connectivity index is 3.32. The van der Waals surface area contributed by atoms with Crippen LogP contribution in [0.25, 0.3) is 0 Å². The van der Waals surface area contributed by atoms with E-state index in [-0.39, 0.29) is 17.1 Å². The van der Waals surface area contributed by atoms with Gasteiger partial charge in [-0.1, -0.05) is 6.07 Å². The Kier molecular flexibility index (Phi) is 3.47. The fourth-order valence-electron chi connectivity index (χ4n) is 1.37. The van der Waals surface area contributed by atoms with Gasteiger partial charge in [-0.15, -0.1) is 0 Å². The van der Waals surface area contributed by atoms with Crippen LogP contribution in [0.5, 0.6) is 11.5 Å². The molecule has 0 aromatic heterocycles. The number of hydrogen-bond acceptors (Lipinski definition) is 4. The number of carboxylic acids is 1. The SMILES string of the molecule is COc1cc(C(C)(O)C(F)(F)C(=O)O)ccc1O. The number of carbonyl (C=O) groups is 1. The van der Waals surface area contributed by atoms with Gasteiger partial charge in [0.15, 0.2) is 17.1 Å². The summed E-state index contributed by atoms with van der Waals surface area (Å²) in [7, 11) is 1.20. The lowest BCUT2D eigenvalue weighted by atomic mass is 9.89. The molecule has 0 bridgehead atoms. The fourth-order valence-corrected chi connectivity index (χ4v) is 1.37. The minimum absolute atomic E-state index is 0.144. The van der Waals surface area contributed by atoms with Gasteiger partial charge in [0.2, 0.25) is 0 Å². The Labute approximate surface area is 101 Å². The first-order valence-electron chi connectivity index (χ1n) is 4.85. The summed E-state index contributed by atoms with van der Waals surface area (Å²) in [5.74, 6) is -7.28. The van der Waals surface area contributed by atoms with Crippen molar-refractivity contribution in [1.29, 1.82) is 0 Å². The van der Waals surface area contributed by atoms with Crippen LogP contribution in [0.3, 0.4) is 0 Å². The molecule has 100 valence electrons. The van der Waals surface area contributed by atoms with E-state index in [2.05, 4.69) is 0 Å². The highest BCUT2D eigenvalue weighted by molar-refractivity contribution is 5.77. The topological polar surface area (TPSA) is 87.0 Å². The quantitative estimate of drug-likeness (QED) is 0.762. The lowest BCUT2D eigenvalue weighted by Gasteiger charge is -2.30. The van der Waals surface area contributed by atoms with Crippen LogP contribution in [0.4, 0.5) is 8.78 Å². The third-order valence-electron chi connectivity index (χ3n) is 2.62. The number of phenols is 1. The third kappa shape index (κ3) is 2.08. The zero-order valence-electron chi connectivity index (χ0n) is 9.65. The molecule has 3 N–H and O–H groups in total. The van der Waals surface area contributed by atoms with Gasteiger partial charge in [0.05, 0.1) is 7.11 Å². The van der Waals surface area contributed by atoms with Crippen molar-refractivity contribution in [3.05, 3.63) is 23.8 Å². The Morgan fingerprint density at radius 2 is 1.94 bits per heavy atom. The van der Waals surface area contributed by atoms with Crippen molar-refractivity contribution >= 4 is 5.97 Å². The van der Waals surface area contributed by atoms with E-state index < -0.39 is 17.5 Å². The van der Waals surface area contributed by atoms with E-state index in [4.69, 9.17) is 9.84 Å². The molecule has 0 aliphatic carbocycles. The molecule has 0 aliphatic heterocycles. The number of rotatable bonds is 4. The number of aromatic hydroxyl groups is 1. The summed E-state index contributed by atoms with van der Waals surface area (Å²) >= 11 is 0. The molecule has 1 aromatic carbocycles. The maximum absolute atomic E-state index is 13.4. The van der Waals surface area contributed by atoms with Crippen molar-refractivity contribution in [2.24, 2.45) is 0 Å². The minimum atomic E-state index is -4.38. The van der Waals surface area contributed by atoms with Crippen LogP contribution in [0.2, 0.25) is 0 Å². The number of phenolic OH excluding ortho intramolecular Hbond substituents is 1. The molecule has 0 spiro atoms. The lowest BCUT2D eigenvalue weighted by molar-refractivity contribution is -0.207. The van der Waals surface area contributed by atoms with Crippen molar-refractivity contribution in [3.63, 3.8) is 0 Å². The molecule has 0 radical (unpaired) electrons. The highest BCUT2D eigenvalue weighted by Crippen LogP contribution is 2.40. The first-order valence-corrected chi connectivity index (χ1v) is 4.85. The molecule has 0 aliphatic rings. The molecular weight excluding hydrogens is 250 g/mol. The fraction of sp³-hybridized carbons (Fsp3) is 0.364. The summed E-state index contributed by atoms with van der Waals surface area (Å²) in [5, 5.41) is 27.5. The Morgan fingerprint density at radius 3 is 2.39 bits per heavy atom. The molecule has 5 nitrogen and oxygen atoms in total. The summed E-state index contributed by atoms with van der Waals surface area (Å²) in [6, 6.07) is 2.97. The van der Waals surface area contributed by atoms with E-state index in [1.165, 1.54) is 7.11 Å².